The first kappa shape index (κ1) is 23.5. The Morgan fingerprint density at radius 2 is 1.90 bits per heavy atom. The van der Waals surface area contributed by atoms with E-state index < -0.39 is 10.0 Å². The average molecular weight is 466 g/mol. The number of nitrogens with zero attached hydrogens (tertiary/aromatic N) is 2. The smallest absolute Gasteiger partial charge is 0.251 e. The van der Waals surface area contributed by atoms with E-state index in [1.165, 1.54) is 22.5 Å². The number of hydrogen-bond acceptors (Lipinski definition) is 5. The molecule has 1 saturated heterocycles. The summed E-state index contributed by atoms with van der Waals surface area (Å²) in [6, 6.07) is 12.0. The van der Waals surface area contributed by atoms with Crippen LogP contribution in [0.4, 0.5) is 0 Å². The number of likely N-dealkylation sites (N-methyl/N-ethyl adjacent to an activating group) is 1. The number of ether oxygens (including phenoxy) is 1. The van der Waals surface area contributed by atoms with Gasteiger partial charge >= 0.3 is 0 Å². The molecule has 1 N–H and O–H groups in total. The zero-order valence-electron chi connectivity index (χ0n) is 18.0. The Kier molecular flexibility index (Phi) is 7.59. The maximum Gasteiger partial charge on any atom is 0.251 e. The van der Waals surface area contributed by atoms with Gasteiger partial charge in [-0.3, -0.25) is 4.79 Å². The molecule has 0 saturated carbocycles. The van der Waals surface area contributed by atoms with E-state index in [1.54, 1.807) is 7.11 Å². The van der Waals surface area contributed by atoms with Crippen LogP contribution in [0.2, 0.25) is 5.02 Å². The van der Waals surface area contributed by atoms with Crippen molar-refractivity contribution in [3.8, 4) is 5.75 Å². The number of halogens is 1. The van der Waals surface area contributed by atoms with Gasteiger partial charge in [0.15, 0.2) is 0 Å². The fraction of sp³-hybridized carbons (Fsp3) is 0.409. The monoisotopic (exact) mass is 465 g/mol. The standard InChI is InChI=1S/C22H28ClN3O4S/c1-25(2)20(16-7-6-8-18(13-16)30-3)15-24-22(27)17-9-10-19(23)21(14-17)31(28,29)26-11-4-5-12-26/h6-10,13-14,20H,4-5,11-12,15H2,1-3H3,(H,24,27). The molecule has 2 aromatic carbocycles. The van der Waals surface area contributed by atoms with Crippen LogP contribution in [-0.4, -0.2) is 64.4 Å². The number of sulfonamides is 1. The minimum absolute atomic E-state index is 0.0272. The number of amides is 1. The SMILES string of the molecule is COc1cccc(C(CNC(=O)c2ccc(Cl)c(S(=O)(=O)N3CCCC3)c2)N(C)C)c1. The van der Waals surface area contributed by atoms with E-state index in [9.17, 15) is 13.2 Å². The second kappa shape index (κ2) is 9.99. The Hall–Kier alpha value is -2.13. The molecule has 1 amide bonds. The summed E-state index contributed by atoms with van der Waals surface area (Å²) < 4.78 is 32.6. The summed E-state index contributed by atoms with van der Waals surface area (Å²) in [5.74, 6) is 0.384. The molecular weight excluding hydrogens is 438 g/mol. The van der Waals surface area contributed by atoms with Gasteiger partial charge in [-0.2, -0.15) is 4.31 Å². The minimum Gasteiger partial charge on any atom is -0.497 e. The lowest BCUT2D eigenvalue weighted by Gasteiger charge is -2.25. The second-order valence-electron chi connectivity index (χ2n) is 7.72. The molecule has 31 heavy (non-hydrogen) atoms. The predicted octanol–water partition coefficient (Wildman–Crippen LogP) is 3.17. The molecule has 1 aliphatic heterocycles. The highest BCUT2D eigenvalue weighted by molar-refractivity contribution is 7.89. The number of rotatable bonds is 8. The molecule has 0 spiro atoms. The van der Waals surface area contributed by atoms with Crippen LogP contribution in [0.5, 0.6) is 5.75 Å². The maximum atomic E-state index is 12.9. The third-order valence-corrected chi connectivity index (χ3v) is 7.81. The van der Waals surface area contributed by atoms with Crippen LogP contribution in [0.15, 0.2) is 47.4 Å². The number of benzene rings is 2. The van der Waals surface area contributed by atoms with Gasteiger partial charge in [-0.1, -0.05) is 23.7 Å². The highest BCUT2D eigenvalue weighted by Gasteiger charge is 2.30. The van der Waals surface area contributed by atoms with Crippen molar-refractivity contribution in [2.24, 2.45) is 0 Å². The Balaban J connectivity index is 1.78. The third kappa shape index (κ3) is 5.38. The summed E-state index contributed by atoms with van der Waals surface area (Å²) >= 11 is 6.19. The Morgan fingerprint density at radius 1 is 1.19 bits per heavy atom. The molecule has 9 heteroatoms. The van der Waals surface area contributed by atoms with Gasteiger partial charge in [0.1, 0.15) is 10.6 Å². The summed E-state index contributed by atoms with van der Waals surface area (Å²) in [6.45, 7) is 1.29. The molecule has 1 heterocycles. The van der Waals surface area contributed by atoms with Crippen LogP contribution < -0.4 is 10.1 Å². The number of carbonyl (C=O) groups excluding carboxylic acids is 1. The van der Waals surface area contributed by atoms with Gasteiger partial charge in [-0.25, -0.2) is 8.42 Å². The van der Waals surface area contributed by atoms with Crippen LogP contribution in [-0.2, 0) is 10.0 Å². The van der Waals surface area contributed by atoms with Gasteiger partial charge in [-0.05, 0) is 62.8 Å². The number of hydrogen-bond donors (Lipinski definition) is 1. The topological polar surface area (TPSA) is 78.9 Å². The normalized spacial score (nSPS) is 15.8. The van der Waals surface area contributed by atoms with E-state index in [1.807, 2.05) is 43.3 Å². The van der Waals surface area contributed by atoms with Crippen LogP contribution in [0.3, 0.4) is 0 Å². The molecule has 0 radical (unpaired) electrons. The second-order valence-corrected chi connectivity index (χ2v) is 10.0. The fourth-order valence-electron chi connectivity index (χ4n) is 3.65. The molecule has 3 rings (SSSR count). The number of methoxy groups -OCH3 is 1. The van der Waals surface area contributed by atoms with E-state index in [4.69, 9.17) is 16.3 Å². The molecule has 0 aromatic heterocycles. The summed E-state index contributed by atoms with van der Waals surface area (Å²) in [4.78, 5) is 14.8. The van der Waals surface area contributed by atoms with Crippen molar-refractivity contribution in [3.63, 3.8) is 0 Å². The summed E-state index contributed by atoms with van der Waals surface area (Å²) in [5, 5.41) is 3.03. The van der Waals surface area contributed by atoms with Gasteiger partial charge in [0, 0.05) is 25.2 Å². The van der Waals surface area contributed by atoms with Gasteiger partial charge in [-0.15, -0.1) is 0 Å². The Morgan fingerprint density at radius 3 is 2.55 bits per heavy atom. The Bertz CT molecular complexity index is 1040. The molecule has 7 nitrogen and oxygen atoms in total. The van der Waals surface area contributed by atoms with Crippen molar-refractivity contribution in [2.75, 3.05) is 40.8 Å². The van der Waals surface area contributed by atoms with Crippen molar-refractivity contribution in [2.45, 2.75) is 23.8 Å². The van der Waals surface area contributed by atoms with E-state index in [-0.39, 0.29) is 27.4 Å². The lowest BCUT2D eigenvalue weighted by Crippen LogP contribution is -2.34. The quantitative estimate of drug-likeness (QED) is 0.647. The zero-order valence-corrected chi connectivity index (χ0v) is 19.5. The molecule has 0 bridgehead atoms. The van der Waals surface area contributed by atoms with Crippen LogP contribution in [0, 0.1) is 0 Å². The van der Waals surface area contributed by atoms with E-state index in [0.29, 0.717) is 19.6 Å². The molecule has 168 valence electrons. The van der Waals surface area contributed by atoms with Gasteiger partial charge in [0.05, 0.1) is 18.2 Å². The zero-order chi connectivity index (χ0) is 22.6. The largest absolute Gasteiger partial charge is 0.497 e. The van der Waals surface area contributed by atoms with Gasteiger partial charge in [0.25, 0.3) is 5.91 Å². The van der Waals surface area contributed by atoms with Crippen molar-refractivity contribution >= 4 is 27.5 Å². The molecule has 1 atom stereocenters. The lowest BCUT2D eigenvalue weighted by atomic mass is 10.1. The first-order valence-electron chi connectivity index (χ1n) is 10.1. The summed E-state index contributed by atoms with van der Waals surface area (Å²) in [5.41, 5.74) is 1.25. The maximum absolute atomic E-state index is 12.9. The molecule has 2 aromatic rings. The highest BCUT2D eigenvalue weighted by Crippen LogP contribution is 2.28. The highest BCUT2D eigenvalue weighted by atomic mass is 35.5. The Labute approximate surface area is 189 Å². The van der Waals surface area contributed by atoms with E-state index in [2.05, 4.69) is 5.32 Å². The molecule has 0 aliphatic carbocycles. The van der Waals surface area contributed by atoms with Crippen LogP contribution >= 0.6 is 11.6 Å². The number of nitrogens with one attached hydrogen (secondary N) is 1. The first-order valence-corrected chi connectivity index (χ1v) is 11.9. The molecule has 1 aliphatic rings. The number of carbonyl (C=O) groups is 1. The van der Waals surface area contributed by atoms with E-state index >= 15 is 0 Å². The van der Waals surface area contributed by atoms with Gasteiger partial charge < -0.3 is 15.0 Å². The van der Waals surface area contributed by atoms with Gasteiger partial charge in [0.2, 0.25) is 10.0 Å². The fourth-order valence-corrected chi connectivity index (χ4v) is 5.67. The first-order chi connectivity index (χ1) is 14.7. The van der Waals surface area contributed by atoms with Crippen LogP contribution in [0.1, 0.15) is 34.8 Å². The lowest BCUT2D eigenvalue weighted by molar-refractivity contribution is 0.0941. The van der Waals surface area contributed by atoms with Crippen molar-refractivity contribution in [1.82, 2.24) is 14.5 Å². The van der Waals surface area contributed by atoms with Crippen molar-refractivity contribution in [1.29, 1.82) is 0 Å². The van der Waals surface area contributed by atoms with E-state index in [0.717, 1.165) is 24.2 Å². The summed E-state index contributed by atoms with van der Waals surface area (Å²) in [6.07, 6.45) is 1.65. The molecular formula is C22H28ClN3O4S. The third-order valence-electron chi connectivity index (χ3n) is 5.43. The molecule has 1 fully saturated rings. The summed E-state index contributed by atoms with van der Waals surface area (Å²) in [7, 11) is 1.75. The van der Waals surface area contributed by atoms with Crippen molar-refractivity contribution < 1.29 is 17.9 Å². The average Bonchev–Trinajstić information content (AvgIpc) is 3.30. The molecule has 1 unspecified atom stereocenters. The predicted molar refractivity (Wildman–Crippen MR) is 121 cm³/mol. The minimum atomic E-state index is -3.72. The van der Waals surface area contributed by atoms with Crippen molar-refractivity contribution in [3.05, 3.63) is 58.6 Å². The van der Waals surface area contributed by atoms with Crippen LogP contribution in [0.25, 0.3) is 0 Å².